The Hall–Kier alpha value is -3.40. The standard InChI is InChI=1S/C28H28F3N3O/c1-6-24-22(14-27(5)11-9-20(10-12-27)28(29,30)31)16(2)21-13-19(7-8-25(21)33-24)23(15-32)26-17(3)34-35-18(26)4/h7-11,13,23H,6,12,14H2,1-5H3. The Labute approximate surface area is 203 Å². The Kier molecular flexibility index (Phi) is 6.35. The number of nitrogens with zero attached hydrogens (tertiary/aromatic N) is 3. The van der Waals surface area contributed by atoms with Crippen molar-refractivity contribution in [2.45, 2.75) is 66.0 Å². The van der Waals surface area contributed by atoms with E-state index in [1.54, 1.807) is 13.0 Å². The fourth-order valence-corrected chi connectivity index (χ4v) is 4.97. The molecule has 3 aromatic rings. The summed E-state index contributed by atoms with van der Waals surface area (Å²) >= 11 is 0. The normalized spacial score (nSPS) is 19.0. The Morgan fingerprint density at radius 2 is 1.97 bits per heavy atom. The van der Waals surface area contributed by atoms with Gasteiger partial charge < -0.3 is 4.52 Å². The van der Waals surface area contributed by atoms with Crippen molar-refractivity contribution in [1.29, 1.82) is 5.26 Å². The van der Waals surface area contributed by atoms with Gasteiger partial charge in [0.05, 0.1) is 22.9 Å². The molecule has 1 aromatic carbocycles. The summed E-state index contributed by atoms with van der Waals surface area (Å²) in [5.41, 5.74) is 5.15. The third-order valence-electron chi connectivity index (χ3n) is 7.02. The van der Waals surface area contributed by atoms with Gasteiger partial charge in [0.2, 0.25) is 0 Å². The molecular formula is C28H28F3N3O. The minimum Gasteiger partial charge on any atom is -0.361 e. The number of rotatable bonds is 5. The van der Waals surface area contributed by atoms with Crippen LogP contribution in [-0.4, -0.2) is 16.3 Å². The molecule has 0 fully saturated rings. The van der Waals surface area contributed by atoms with Crippen LogP contribution in [0.15, 0.2) is 46.5 Å². The maximum Gasteiger partial charge on any atom is 0.416 e. The molecule has 0 radical (unpaired) electrons. The fourth-order valence-electron chi connectivity index (χ4n) is 4.97. The van der Waals surface area contributed by atoms with Crippen LogP contribution in [0.1, 0.15) is 65.6 Å². The molecule has 0 N–H and O–H groups in total. The van der Waals surface area contributed by atoms with Crippen LogP contribution in [0.5, 0.6) is 0 Å². The number of alkyl halides is 3. The first kappa shape index (κ1) is 24.7. The number of allylic oxidation sites excluding steroid dienone is 4. The molecule has 2 aromatic heterocycles. The number of nitriles is 1. The summed E-state index contributed by atoms with van der Waals surface area (Å²) in [6.07, 6.45) is 1.44. The zero-order chi connectivity index (χ0) is 25.5. The molecule has 0 amide bonds. The summed E-state index contributed by atoms with van der Waals surface area (Å²) in [6, 6.07) is 8.24. The van der Waals surface area contributed by atoms with Crippen molar-refractivity contribution in [2.75, 3.05) is 0 Å². The van der Waals surface area contributed by atoms with Crippen molar-refractivity contribution in [1.82, 2.24) is 10.1 Å². The molecule has 0 aliphatic heterocycles. The molecular weight excluding hydrogens is 451 g/mol. The van der Waals surface area contributed by atoms with Gasteiger partial charge in [0, 0.05) is 16.6 Å². The van der Waals surface area contributed by atoms with Gasteiger partial charge in [0.25, 0.3) is 0 Å². The first-order valence-electron chi connectivity index (χ1n) is 11.7. The second-order valence-corrected chi connectivity index (χ2v) is 9.62. The predicted octanol–water partition coefficient (Wildman–Crippen LogP) is 7.36. The van der Waals surface area contributed by atoms with Crippen molar-refractivity contribution in [3.8, 4) is 6.07 Å². The topological polar surface area (TPSA) is 62.7 Å². The van der Waals surface area contributed by atoms with Crippen LogP contribution in [0.4, 0.5) is 13.2 Å². The van der Waals surface area contributed by atoms with Gasteiger partial charge >= 0.3 is 6.18 Å². The number of benzene rings is 1. The van der Waals surface area contributed by atoms with Crippen molar-refractivity contribution in [3.05, 3.63) is 81.4 Å². The molecule has 2 heterocycles. The van der Waals surface area contributed by atoms with Gasteiger partial charge in [-0.05, 0) is 74.3 Å². The number of hydrogen-bond donors (Lipinski definition) is 0. The van der Waals surface area contributed by atoms with Gasteiger partial charge in [0.15, 0.2) is 0 Å². The molecule has 1 aliphatic carbocycles. The first-order chi connectivity index (χ1) is 16.5. The lowest BCUT2D eigenvalue weighted by molar-refractivity contribution is -0.0889. The van der Waals surface area contributed by atoms with Gasteiger partial charge in [0.1, 0.15) is 11.7 Å². The van der Waals surface area contributed by atoms with Gasteiger partial charge in [-0.15, -0.1) is 0 Å². The SMILES string of the molecule is CCc1nc2ccc(C(C#N)c3c(C)noc3C)cc2c(C)c1CC1(C)C=CC(C(F)(F)F)=CC1. The highest BCUT2D eigenvalue weighted by Crippen LogP contribution is 2.40. The van der Waals surface area contributed by atoms with Crippen molar-refractivity contribution in [3.63, 3.8) is 0 Å². The number of halogens is 3. The molecule has 35 heavy (non-hydrogen) atoms. The van der Waals surface area contributed by atoms with Crippen LogP contribution in [0, 0.1) is 37.5 Å². The van der Waals surface area contributed by atoms with Crippen LogP contribution >= 0.6 is 0 Å². The summed E-state index contributed by atoms with van der Waals surface area (Å²) in [4.78, 5) is 4.90. The molecule has 0 bridgehead atoms. The first-order valence-corrected chi connectivity index (χ1v) is 11.7. The highest BCUT2D eigenvalue weighted by Gasteiger charge is 2.36. The predicted molar refractivity (Wildman–Crippen MR) is 129 cm³/mol. The van der Waals surface area contributed by atoms with Gasteiger partial charge in [-0.3, -0.25) is 4.98 Å². The number of aromatic nitrogens is 2. The minimum absolute atomic E-state index is 0.307. The Morgan fingerprint density at radius 3 is 2.51 bits per heavy atom. The number of hydrogen-bond acceptors (Lipinski definition) is 4. The third-order valence-corrected chi connectivity index (χ3v) is 7.02. The van der Waals surface area contributed by atoms with Crippen molar-refractivity contribution >= 4 is 10.9 Å². The summed E-state index contributed by atoms with van der Waals surface area (Å²) in [6.45, 7) is 9.68. The minimum atomic E-state index is -4.33. The molecule has 4 nitrogen and oxygen atoms in total. The van der Waals surface area contributed by atoms with Crippen LogP contribution in [-0.2, 0) is 12.8 Å². The number of fused-ring (bicyclic) bond motifs is 1. The largest absolute Gasteiger partial charge is 0.416 e. The van der Waals surface area contributed by atoms with Crippen LogP contribution in [0.2, 0.25) is 0 Å². The zero-order valence-corrected chi connectivity index (χ0v) is 20.5. The van der Waals surface area contributed by atoms with Crippen molar-refractivity contribution < 1.29 is 17.7 Å². The van der Waals surface area contributed by atoms with E-state index in [1.165, 1.54) is 12.2 Å². The van der Waals surface area contributed by atoms with Crippen LogP contribution < -0.4 is 0 Å². The van der Waals surface area contributed by atoms with E-state index >= 15 is 0 Å². The lowest BCUT2D eigenvalue weighted by Crippen LogP contribution is -2.23. The third kappa shape index (κ3) is 4.62. The molecule has 1 aliphatic rings. The van der Waals surface area contributed by atoms with Crippen molar-refractivity contribution in [2.24, 2.45) is 5.41 Å². The molecule has 0 saturated heterocycles. The van der Waals surface area contributed by atoms with Gasteiger partial charge in [-0.25, -0.2) is 0 Å². The molecule has 0 saturated carbocycles. The lowest BCUT2D eigenvalue weighted by atomic mass is 9.75. The van der Waals surface area contributed by atoms with E-state index in [-0.39, 0.29) is 0 Å². The summed E-state index contributed by atoms with van der Waals surface area (Å²) in [7, 11) is 0. The van der Waals surface area contributed by atoms with E-state index in [0.717, 1.165) is 45.3 Å². The van der Waals surface area contributed by atoms with Crippen LogP contribution in [0.3, 0.4) is 0 Å². The van der Waals surface area contributed by atoms with E-state index < -0.39 is 23.1 Å². The van der Waals surface area contributed by atoms with Crippen LogP contribution in [0.25, 0.3) is 10.9 Å². The van der Waals surface area contributed by atoms with E-state index in [2.05, 4.69) is 11.2 Å². The molecule has 7 heteroatoms. The molecule has 2 unspecified atom stereocenters. The summed E-state index contributed by atoms with van der Waals surface area (Å²) < 4.78 is 44.6. The quantitative estimate of drug-likeness (QED) is 0.383. The van der Waals surface area contributed by atoms with E-state index in [1.807, 2.05) is 45.9 Å². The van der Waals surface area contributed by atoms with E-state index in [0.29, 0.717) is 24.3 Å². The smallest absolute Gasteiger partial charge is 0.361 e. The van der Waals surface area contributed by atoms with E-state index in [9.17, 15) is 18.4 Å². The zero-order valence-electron chi connectivity index (χ0n) is 20.5. The molecule has 4 rings (SSSR count). The lowest BCUT2D eigenvalue weighted by Gasteiger charge is -2.30. The van der Waals surface area contributed by atoms with Gasteiger partial charge in [-0.2, -0.15) is 18.4 Å². The summed E-state index contributed by atoms with van der Waals surface area (Å²) in [5, 5.41) is 14.9. The summed E-state index contributed by atoms with van der Waals surface area (Å²) in [5.74, 6) is 0.0957. The molecule has 182 valence electrons. The van der Waals surface area contributed by atoms with Gasteiger partial charge in [-0.1, -0.05) is 43.3 Å². The highest BCUT2D eigenvalue weighted by molar-refractivity contribution is 5.84. The number of aryl methyl sites for hydroxylation is 4. The maximum atomic E-state index is 13.1. The molecule has 0 spiro atoms. The average Bonchev–Trinajstić information content (AvgIpc) is 3.14. The van der Waals surface area contributed by atoms with E-state index in [4.69, 9.17) is 9.51 Å². The second-order valence-electron chi connectivity index (χ2n) is 9.62. The molecule has 2 atom stereocenters. The maximum absolute atomic E-state index is 13.1. The Morgan fingerprint density at radius 1 is 1.23 bits per heavy atom. The Bertz CT molecular complexity index is 1370. The Balaban J connectivity index is 1.77. The monoisotopic (exact) mass is 479 g/mol. The fraction of sp³-hybridized carbons (Fsp3) is 0.393. The second kappa shape index (κ2) is 8.99. The number of pyridine rings is 1. The highest BCUT2D eigenvalue weighted by atomic mass is 19.4. The average molecular weight is 480 g/mol.